The highest BCUT2D eigenvalue weighted by Gasteiger charge is 2.09. The fourth-order valence-electron chi connectivity index (χ4n) is 4.61. The van der Waals surface area contributed by atoms with Crippen molar-refractivity contribution in [3.05, 3.63) is 0 Å². The number of rotatable bonds is 26. The van der Waals surface area contributed by atoms with E-state index in [-0.39, 0.29) is 0 Å². The Bertz CT molecular complexity index is 268. The molecule has 0 N–H and O–H groups in total. The monoisotopic (exact) mass is 436 g/mol. The molecule has 0 aliphatic carbocycles. The fourth-order valence-corrected chi connectivity index (χ4v) is 6.29. The van der Waals surface area contributed by atoms with E-state index in [4.69, 9.17) is 0 Å². The quantitative estimate of drug-likeness (QED) is 0.0933. The van der Waals surface area contributed by atoms with E-state index in [9.17, 15) is 0 Å². The van der Waals surface area contributed by atoms with Gasteiger partial charge in [0.15, 0.2) is 0 Å². The standard InChI is InChI=1S/C29H60Si/c1-4-7-10-13-16-18-20-23-26-29(30-28-25-22-15-12-9-6-3)27-24-21-19-17-14-11-8-5-2/h29H,4-28H2,1-3H3. The summed E-state index contributed by atoms with van der Waals surface area (Å²) in [5.41, 5.74) is 1.07. The molecule has 0 amide bonds. The van der Waals surface area contributed by atoms with Crippen molar-refractivity contribution in [1.29, 1.82) is 0 Å². The molecule has 0 bridgehead atoms. The molecule has 0 saturated carbocycles. The van der Waals surface area contributed by atoms with Crippen LogP contribution in [0.4, 0.5) is 0 Å². The van der Waals surface area contributed by atoms with E-state index < -0.39 is 0 Å². The molecule has 0 saturated heterocycles. The normalized spacial score (nSPS) is 11.6. The Morgan fingerprint density at radius 2 is 0.667 bits per heavy atom. The zero-order chi connectivity index (χ0) is 22.0. The minimum absolute atomic E-state index is 1.07. The maximum absolute atomic E-state index is 2.32. The summed E-state index contributed by atoms with van der Waals surface area (Å²) in [5.74, 6) is 0. The highest BCUT2D eigenvalue weighted by atomic mass is 28.2. The molecule has 0 aliphatic rings. The van der Waals surface area contributed by atoms with Crippen LogP contribution in [-0.2, 0) is 0 Å². The lowest BCUT2D eigenvalue weighted by Gasteiger charge is -2.16. The van der Waals surface area contributed by atoms with Crippen molar-refractivity contribution in [1.82, 2.24) is 0 Å². The van der Waals surface area contributed by atoms with Crippen LogP contribution in [0.1, 0.15) is 175 Å². The lowest BCUT2D eigenvalue weighted by molar-refractivity contribution is 0.521. The van der Waals surface area contributed by atoms with Gasteiger partial charge in [-0.05, 0) is 5.54 Å². The minimum Gasteiger partial charge on any atom is -0.0654 e. The molecule has 0 nitrogen and oxygen atoms in total. The lowest BCUT2D eigenvalue weighted by atomic mass is 10.0. The second kappa shape index (κ2) is 27.3. The van der Waals surface area contributed by atoms with Crippen LogP contribution in [0.2, 0.25) is 11.6 Å². The maximum Gasteiger partial charge on any atom is 0.0413 e. The third-order valence-corrected chi connectivity index (χ3v) is 8.57. The summed E-state index contributed by atoms with van der Waals surface area (Å²) in [6.07, 6.45) is 35.4. The van der Waals surface area contributed by atoms with Crippen LogP contribution in [0.5, 0.6) is 0 Å². The smallest absolute Gasteiger partial charge is 0.0413 e. The first kappa shape index (κ1) is 30.2. The van der Waals surface area contributed by atoms with E-state index in [0.717, 1.165) is 5.54 Å². The van der Waals surface area contributed by atoms with Gasteiger partial charge in [-0.25, -0.2) is 0 Å². The van der Waals surface area contributed by atoms with Gasteiger partial charge in [0, 0.05) is 9.52 Å². The van der Waals surface area contributed by atoms with Crippen LogP contribution in [0.3, 0.4) is 0 Å². The second-order valence-electron chi connectivity index (χ2n) is 9.95. The van der Waals surface area contributed by atoms with Crippen LogP contribution in [0.15, 0.2) is 0 Å². The Morgan fingerprint density at radius 3 is 1.03 bits per heavy atom. The molecule has 0 rings (SSSR count). The molecule has 0 aromatic rings. The molecular weight excluding hydrogens is 376 g/mol. The Morgan fingerprint density at radius 1 is 0.367 bits per heavy atom. The van der Waals surface area contributed by atoms with Gasteiger partial charge in [0.2, 0.25) is 0 Å². The molecule has 0 aromatic carbocycles. The number of hydrogen-bond acceptors (Lipinski definition) is 0. The maximum atomic E-state index is 2.32. The Labute approximate surface area is 196 Å². The summed E-state index contributed by atoms with van der Waals surface area (Å²) < 4.78 is 0. The summed E-state index contributed by atoms with van der Waals surface area (Å²) in [6, 6.07) is 1.53. The second-order valence-corrected chi connectivity index (χ2v) is 11.7. The van der Waals surface area contributed by atoms with Crippen molar-refractivity contribution in [2.75, 3.05) is 0 Å². The number of hydrogen-bond donors (Lipinski definition) is 0. The number of unbranched alkanes of at least 4 members (excludes halogenated alkanes) is 19. The van der Waals surface area contributed by atoms with Gasteiger partial charge in [-0.3, -0.25) is 0 Å². The largest absolute Gasteiger partial charge is 0.0654 e. The molecule has 1 heteroatoms. The summed E-state index contributed by atoms with van der Waals surface area (Å²) in [7, 11) is 1.26. The van der Waals surface area contributed by atoms with Gasteiger partial charge in [0.1, 0.15) is 0 Å². The molecule has 0 unspecified atom stereocenters. The molecular formula is C29H60Si. The molecule has 0 aliphatic heterocycles. The lowest BCUT2D eigenvalue weighted by Crippen LogP contribution is -2.04. The zero-order valence-electron chi connectivity index (χ0n) is 21.8. The van der Waals surface area contributed by atoms with E-state index in [1.807, 2.05) is 0 Å². The van der Waals surface area contributed by atoms with Crippen molar-refractivity contribution in [3.8, 4) is 0 Å². The topological polar surface area (TPSA) is 0 Å². The molecule has 30 heavy (non-hydrogen) atoms. The Kier molecular flexibility index (Phi) is 27.4. The average Bonchev–Trinajstić information content (AvgIpc) is 2.76. The van der Waals surface area contributed by atoms with Crippen molar-refractivity contribution >= 4 is 9.52 Å². The van der Waals surface area contributed by atoms with Crippen LogP contribution in [0, 0.1) is 0 Å². The third-order valence-electron chi connectivity index (χ3n) is 6.78. The predicted octanol–water partition coefficient (Wildman–Crippen LogP) is 11.3. The van der Waals surface area contributed by atoms with Gasteiger partial charge in [-0.1, -0.05) is 181 Å². The SMILES string of the molecule is CCCCCCCCCCC(CCCCCCCCCC)[Si]CCCCCCCC. The van der Waals surface area contributed by atoms with E-state index in [1.165, 1.54) is 157 Å². The average molecular weight is 437 g/mol. The first-order valence-electron chi connectivity index (χ1n) is 14.6. The summed E-state index contributed by atoms with van der Waals surface area (Å²) in [5, 5.41) is 0. The third kappa shape index (κ3) is 24.5. The summed E-state index contributed by atoms with van der Waals surface area (Å²) in [4.78, 5) is 0. The molecule has 2 radical (unpaired) electrons. The fraction of sp³-hybridized carbons (Fsp3) is 1.00. The molecule has 0 aromatic heterocycles. The van der Waals surface area contributed by atoms with Crippen LogP contribution in [0.25, 0.3) is 0 Å². The molecule has 0 atom stereocenters. The van der Waals surface area contributed by atoms with Crippen molar-refractivity contribution in [2.45, 2.75) is 186 Å². The van der Waals surface area contributed by atoms with E-state index >= 15 is 0 Å². The summed E-state index contributed by atoms with van der Waals surface area (Å²) in [6.45, 7) is 6.96. The van der Waals surface area contributed by atoms with Gasteiger partial charge in [0.25, 0.3) is 0 Å². The van der Waals surface area contributed by atoms with E-state index in [0.29, 0.717) is 0 Å². The van der Waals surface area contributed by atoms with Gasteiger partial charge in [-0.15, -0.1) is 0 Å². The Balaban J connectivity index is 3.81. The van der Waals surface area contributed by atoms with Gasteiger partial charge >= 0.3 is 0 Å². The highest BCUT2D eigenvalue weighted by Crippen LogP contribution is 2.25. The molecule has 180 valence electrons. The van der Waals surface area contributed by atoms with Crippen LogP contribution >= 0.6 is 0 Å². The van der Waals surface area contributed by atoms with E-state index in [1.54, 1.807) is 12.8 Å². The Hall–Kier alpha value is 0.217. The molecule has 0 heterocycles. The highest BCUT2D eigenvalue weighted by molar-refractivity contribution is 6.37. The van der Waals surface area contributed by atoms with E-state index in [2.05, 4.69) is 20.8 Å². The van der Waals surface area contributed by atoms with Crippen LogP contribution < -0.4 is 0 Å². The van der Waals surface area contributed by atoms with Crippen LogP contribution in [-0.4, -0.2) is 9.52 Å². The molecule has 0 spiro atoms. The van der Waals surface area contributed by atoms with Gasteiger partial charge < -0.3 is 0 Å². The van der Waals surface area contributed by atoms with Crippen molar-refractivity contribution < 1.29 is 0 Å². The van der Waals surface area contributed by atoms with Gasteiger partial charge in [0.05, 0.1) is 0 Å². The summed E-state index contributed by atoms with van der Waals surface area (Å²) >= 11 is 0. The first-order valence-corrected chi connectivity index (χ1v) is 15.9. The van der Waals surface area contributed by atoms with Crippen molar-refractivity contribution in [2.24, 2.45) is 0 Å². The predicted molar refractivity (Wildman–Crippen MR) is 142 cm³/mol. The first-order chi connectivity index (χ1) is 14.8. The van der Waals surface area contributed by atoms with Crippen molar-refractivity contribution in [3.63, 3.8) is 0 Å². The molecule has 0 fully saturated rings. The van der Waals surface area contributed by atoms with Gasteiger partial charge in [-0.2, -0.15) is 0 Å². The zero-order valence-corrected chi connectivity index (χ0v) is 22.8. The minimum atomic E-state index is 1.07.